The summed E-state index contributed by atoms with van der Waals surface area (Å²) in [5.74, 6) is -1.02. The molecular weight excluding hydrogens is 338 g/mol. The summed E-state index contributed by atoms with van der Waals surface area (Å²) >= 11 is 1.45. The van der Waals surface area contributed by atoms with Crippen LogP contribution in [0, 0.1) is 12.8 Å². The SMILES string of the molecule is Cc1nc(-c2ccccc2)sc1NC(=O)NC1CCC(C(=O)O)CC1. The van der Waals surface area contributed by atoms with Crippen LogP contribution in [0.25, 0.3) is 10.6 Å². The van der Waals surface area contributed by atoms with Gasteiger partial charge in [0, 0.05) is 11.6 Å². The van der Waals surface area contributed by atoms with Crippen molar-refractivity contribution in [3.63, 3.8) is 0 Å². The fourth-order valence-electron chi connectivity index (χ4n) is 3.03. The number of aryl methyl sites for hydroxylation is 1. The maximum Gasteiger partial charge on any atom is 0.320 e. The van der Waals surface area contributed by atoms with E-state index in [0.717, 1.165) is 21.3 Å². The second-order valence-corrected chi connectivity index (χ2v) is 7.28. The first-order chi connectivity index (χ1) is 12.0. The Hall–Kier alpha value is -2.41. The topological polar surface area (TPSA) is 91.3 Å². The number of nitrogens with one attached hydrogen (secondary N) is 2. The third-order valence-corrected chi connectivity index (χ3v) is 5.58. The summed E-state index contributed by atoms with van der Waals surface area (Å²) in [4.78, 5) is 27.7. The van der Waals surface area contributed by atoms with E-state index in [1.165, 1.54) is 11.3 Å². The highest BCUT2D eigenvalue weighted by atomic mass is 32.1. The van der Waals surface area contributed by atoms with E-state index in [-0.39, 0.29) is 18.0 Å². The molecule has 6 nitrogen and oxygen atoms in total. The minimum Gasteiger partial charge on any atom is -0.481 e. The molecule has 3 N–H and O–H groups in total. The molecule has 0 atom stereocenters. The predicted molar refractivity (Wildman–Crippen MR) is 97.8 cm³/mol. The van der Waals surface area contributed by atoms with Crippen LogP contribution in [-0.2, 0) is 4.79 Å². The van der Waals surface area contributed by atoms with Crippen molar-refractivity contribution in [3.8, 4) is 10.6 Å². The van der Waals surface area contributed by atoms with Gasteiger partial charge in [0.05, 0.1) is 11.6 Å². The van der Waals surface area contributed by atoms with Crippen molar-refractivity contribution in [2.75, 3.05) is 5.32 Å². The molecule has 1 heterocycles. The Labute approximate surface area is 150 Å². The lowest BCUT2D eigenvalue weighted by Gasteiger charge is -2.26. The van der Waals surface area contributed by atoms with Crippen LogP contribution in [0.5, 0.6) is 0 Å². The van der Waals surface area contributed by atoms with Crippen LogP contribution < -0.4 is 10.6 Å². The van der Waals surface area contributed by atoms with Gasteiger partial charge in [0.25, 0.3) is 0 Å². The Morgan fingerprint density at radius 1 is 1.16 bits per heavy atom. The summed E-state index contributed by atoms with van der Waals surface area (Å²) in [6.45, 7) is 1.87. The van der Waals surface area contributed by atoms with Crippen LogP contribution >= 0.6 is 11.3 Å². The average Bonchev–Trinajstić information content (AvgIpc) is 2.97. The van der Waals surface area contributed by atoms with E-state index < -0.39 is 5.97 Å². The van der Waals surface area contributed by atoms with Gasteiger partial charge in [-0.15, -0.1) is 0 Å². The fraction of sp³-hybridized carbons (Fsp3) is 0.389. The molecule has 0 aliphatic heterocycles. The molecular formula is C18H21N3O3S. The van der Waals surface area contributed by atoms with Crippen molar-refractivity contribution in [1.82, 2.24) is 10.3 Å². The number of carboxylic acid groups (broad SMARTS) is 1. The summed E-state index contributed by atoms with van der Waals surface area (Å²) in [5.41, 5.74) is 1.81. The minimum absolute atomic E-state index is 0.0254. The molecule has 25 heavy (non-hydrogen) atoms. The molecule has 0 radical (unpaired) electrons. The number of thiazole rings is 1. The van der Waals surface area contributed by atoms with E-state index in [9.17, 15) is 9.59 Å². The lowest BCUT2D eigenvalue weighted by molar-refractivity contribution is -0.142. The number of rotatable bonds is 4. The van der Waals surface area contributed by atoms with Gasteiger partial charge in [0.15, 0.2) is 0 Å². The monoisotopic (exact) mass is 359 g/mol. The van der Waals surface area contributed by atoms with Crippen molar-refractivity contribution in [2.24, 2.45) is 5.92 Å². The molecule has 1 aliphatic rings. The predicted octanol–water partition coefficient (Wildman–Crippen LogP) is 3.88. The van der Waals surface area contributed by atoms with Crippen LogP contribution in [0.1, 0.15) is 31.4 Å². The molecule has 2 aromatic rings. The van der Waals surface area contributed by atoms with Gasteiger partial charge in [-0.3, -0.25) is 10.1 Å². The lowest BCUT2D eigenvalue weighted by Crippen LogP contribution is -2.40. The van der Waals surface area contributed by atoms with Gasteiger partial charge >= 0.3 is 12.0 Å². The summed E-state index contributed by atoms with van der Waals surface area (Å²) in [7, 11) is 0. The first kappa shape index (κ1) is 17.4. The maximum absolute atomic E-state index is 12.2. The zero-order chi connectivity index (χ0) is 17.8. The van der Waals surface area contributed by atoms with Crippen molar-refractivity contribution < 1.29 is 14.7 Å². The van der Waals surface area contributed by atoms with Crippen LogP contribution in [-0.4, -0.2) is 28.1 Å². The molecule has 0 saturated heterocycles. The molecule has 0 spiro atoms. The third-order valence-electron chi connectivity index (χ3n) is 4.46. The molecule has 0 unspecified atom stereocenters. The van der Waals surface area contributed by atoms with Crippen molar-refractivity contribution >= 4 is 28.3 Å². The lowest BCUT2D eigenvalue weighted by atomic mass is 9.86. The zero-order valence-corrected chi connectivity index (χ0v) is 14.8. The number of amides is 2. The summed E-state index contributed by atoms with van der Waals surface area (Å²) < 4.78 is 0. The molecule has 7 heteroatoms. The standard InChI is InChI=1S/C18H21N3O3S/c1-11-15(25-16(19-11)12-5-3-2-4-6-12)21-18(24)20-14-9-7-13(8-10-14)17(22)23/h2-6,13-14H,7-10H2,1H3,(H,22,23)(H2,20,21,24). The van der Waals surface area contributed by atoms with Gasteiger partial charge in [-0.05, 0) is 32.6 Å². The smallest absolute Gasteiger partial charge is 0.320 e. The van der Waals surface area contributed by atoms with Crippen molar-refractivity contribution in [2.45, 2.75) is 38.6 Å². The number of carboxylic acids is 1. The van der Waals surface area contributed by atoms with Crippen LogP contribution in [0.3, 0.4) is 0 Å². The Morgan fingerprint density at radius 3 is 2.48 bits per heavy atom. The number of aromatic nitrogens is 1. The number of aliphatic carboxylic acids is 1. The number of benzene rings is 1. The van der Waals surface area contributed by atoms with Crippen LogP contribution in [0.4, 0.5) is 9.80 Å². The fourth-order valence-corrected chi connectivity index (χ4v) is 3.99. The van der Waals surface area contributed by atoms with Gasteiger partial charge in [-0.2, -0.15) is 0 Å². The highest BCUT2D eigenvalue weighted by molar-refractivity contribution is 7.19. The first-order valence-corrected chi connectivity index (χ1v) is 9.17. The van der Waals surface area contributed by atoms with Crippen molar-refractivity contribution in [3.05, 3.63) is 36.0 Å². The number of nitrogens with zero attached hydrogens (tertiary/aromatic N) is 1. The van der Waals surface area contributed by atoms with E-state index in [4.69, 9.17) is 5.11 Å². The van der Waals surface area contributed by atoms with E-state index >= 15 is 0 Å². The molecule has 1 saturated carbocycles. The van der Waals surface area contributed by atoms with Crippen molar-refractivity contribution in [1.29, 1.82) is 0 Å². The molecule has 1 aromatic heterocycles. The molecule has 1 aliphatic carbocycles. The first-order valence-electron chi connectivity index (χ1n) is 8.36. The maximum atomic E-state index is 12.2. The highest BCUT2D eigenvalue weighted by Crippen LogP contribution is 2.31. The molecule has 2 amide bonds. The van der Waals surface area contributed by atoms with Crippen LogP contribution in [0.2, 0.25) is 0 Å². The Bertz CT molecular complexity index is 752. The molecule has 1 fully saturated rings. The summed E-state index contributed by atoms with van der Waals surface area (Å²) in [6, 6.07) is 9.61. The second kappa shape index (κ2) is 7.65. The Balaban J connectivity index is 1.57. The second-order valence-electron chi connectivity index (χ2n) is 6.28. The molecule has 3 rings (SSSR count). The van der Waals surface area contributed by atoms with Gasteiger partial charge in [-0.1, -0.05) is 41.7 Å². The zero-order valence-electron chi connectivity index (χ0n) is 14.0. The Morgan fingerprint density at radius 2 is 1.84 bits per heavy atom. The van der Waals surface area contributed by atoms with E-state index in [2.05, 4.69) is 15.6 Å². The number of hydrogen-bond donors (Lipinski definition) is 3. The van der Waals surface area contributed by atoms with E-state index in [1.807, 2.05) is 37.3 Å². The number of anilines is 1. The number of urea groups is 1. The highest BCUT2D eigenvalue weighted by Gasteiger charge is 2.26. The quantitative estimate of drug-likeness (QED) is 0.772. The summed E-state index contributed by atoms with van der Waals surface area (Å²) in [5, 5.41) is 16.4. The average molecular weight is 359 g/mol. The molecule has 1 aromatic carbocycles. The van der Waals surface area contributed by atoms with Gasteiger partial charge in [0.2, 0.25) is 0 Å². The number of carbonyl (C=O) groups excluding carboxylic acids is 1. The number of carbonyl (C=O) groups is 2. The largest absolute Gasteiger partial charge is 0.481 e. The molecule has 132 valence electrons. The third kappa shape index (κ3) is 4.36. The minimum atomic E-state index is -0.739. The molecule has 0 bridgehead atoms. The Kier molecular flexibility index (Phi) is 5.33. The van der Waals surface area contributed by atoms with Gasteiger partial charge in [0.1, 0.15) is 10.0 Å². The summed E-state index contributed by atoms with van der Waals surface area (Å²) in [6.07, 6.45) is 2.61. The van der Waals surface area contributed by atoms with Gasteiger partial charge in [-0.25, -0.2) is 9.78 Å². The van der Waals surface area contributed by atoms with E-state index in [0.29, 0.717) is 25.7 Å². The van der Waals surface area contributed by atoms with Crippen LogP contribution in [0.15, 0.2) is 30.3 Å². The van der Waals surface area contributed by atoms with Gasteiger partial charge < -0.3 is 10.4 Å². The normalized spacial score (nSPS) is 20.0. The van der Waals surface area contributed by atoms with E-state index in [1.54, 1.807) is 0 Å². The number of hydrogen-bond acceptors (Lipinski definition) is 4.